The summed E-state index contributed by atoms with van der Waals surface area (Å²) in [7, 11) is 1.68. The summed E-state index contributed by atoms with van der Waals surface area (Å²) in [5.74, 6) is 2.21. The number of para-hydroxylation sites is 2. The molecular formula is C22H26N4O. The van der Waals surface area contributed by atoms with Crippen molar-refractivity contribution in [3.8, 4) is 5.75 Å². The Bertz CT molecular complexity index is 873. The van der Waals surface area contributed by atoms with Crippen LogP contribution in [0.3, 0.4) is 0 Å². The normalized spacial score (nSPS) is 10.5. The van der Waals surface area contributed by atoms with Crippen LogP contribution in [-0.2, 0) is 19.4 Å². The molecule has 3 rings (SSSR count). The molecule has 1 aromatic heterocycles. The minimum absolute atomic E-state index is 0.581. The summed E-state index contributed by atoms with van der Waals surface area (Å²) in [6.45, 7) is 4.93. The molecule has 0 saturated carbocycles. The quantitative estimate of drug-likeness (QED) is 0.593. The van der Waals surface area contributed by atoms with E-state index in [1.165, 1.54) is 11.1 Å². The minimum Gasteiger partial charge on any atom is -0.496 e. The van der Waals surface area contributed by atoms with E-state index < -0.39 is 0 Å². The molecule has 0 saturated heterocycles. The van der Waals surface area contributed by atoms with Gasteiger partial charge in [-0.25, -0.2) is 4.98 Å². The number of rotatable bonds is 8. The topological polar surface area (TPSA) is 59.1 Å². The van der Waals surface area contributed by atoms with E-state index in [9.17, 15) is 0 Å². The molecule has 5 nitrogen and oxygen atoms in total. The van der Waals surface area contributed by atoms with E-state index in [0.717, 1.165) is 35.7 Å². The van der Waals surface area contributed by atoms with Crippen molar-refractivity contribution in [3.05, 3.63) is 71.4 Å². The molecule has 3 aromatic rings. The Hall–Kier alpha value is -3.08. The van der Waals surface area contributed by atoms with E-state index in [4.69, 9.17) is 4.74 Å². The van der Waals surface area contributed by atoms with E-state index in [-0.39, 0.29) is 0 Å². The van der Waals surface area contributed by atoms with Crippen LogP contribution in [0.2, 0.25) is 0 Å². The van der Waals surface area contributed by atoms with Crippen LogP contribution in [0.15, 0.2) is 54.7 Å². The van der Waals surface area contributed by atoms with Gasteiger partial charge in [-0.3, -0.25) is 0 Å². The second kappa shape index (κ2) is 9.03. The number of ether oxygens (including phenoxy) is 1. The number of hydrogen-bond acceptors (Lipinski definition) is 5. The lowest BCUT2D eigenvalue weighted by Crippen LogP contribution is -2.07. The highest BCUT2D eigenvalue weighted by Gasteiger charge is 2.08. The molecule has 2 aromatic carbocycles. The highest BCUT2D eigenvalue weighted by Crippen LogP contribution is 2.26. The van der Waals surface area contributed by atoms with Crippen molar-refractivity contribution >= 4 is 17.5 Å². The van der Waals surface area contributed by atoms with E-state index >= 15 is 0 Å². The zero-order chi connectivity index (χ0) is 19.1. The lowest BCUT2D eigenvalue weighted by atomic mass is 10.0. The summed E-state index contributed by atoms with van der Waals surface area (Å²) in [5.41, 5.74) is 4.79. The highest BCUT2D eigenvalue weighted by atomic mass is 16.5. The van der Waals surface area contributed by atoms with Crippen molar-refractivity contribution in [2.45, 2.75) is 33.2 Å². The van der Waals surface area contributed by atoms with Crippen LogP contribution in [0.4, 0.5) is 17.5 Å². The molecular weight excluding hydrogens is 336 g/mol. The minimum atomic E-state index is 0.581. The zero-order valence-electron chi connectivity index (χ0n) is 16.1. The summed E-state index contributed by atoms with van der Waals surface area (Å²) in [6, 6.07) is 16.2. The Morgan fingerprint density at radius 3 is 2.30 bits per heavy atom. The summed E-state index contributed by atoms with van der Waals surface area (Å²) in [5, 5.41) is 6.77. The number of methoxy groups -OCH3 is 1. The Balaban J connectivity index is 1.77. The van der Waals surface area contributed by atoms with Gasteiger partial charge in [0.15, 0.2) is 0 Å². The largest absolute Gasteiger partial charge is 0.496 e. The summed E-state index contributed by atoms with van der Waals surface area (Å²) in [4.78, 5) is 8.95. The second-order valence-electron chi connectivity index (χ2n) is 6.21. The average molecular weight is 362 g/mol. The van der Waals surface area contributed by atoms with Gasteiger partial charge in [0.2, 0.25) is 5.95 Å². The SMILES string of the molecule is CCc1cccc(CC)c1Nc1ccnc(NCc2ccccc2OC)n1. The Morgan fingerprint density at radius 1 is 0.889 bits per heavy atom. The van der Waals surface area contributed by atoms with Crippen LogP contribution >= 0.6 is 0 Å². The van der Waals surface area contributed by atoms with E-state index in [0.29, 0.717) is 12.5 Å². The predicted octanol–water partition coefficient (Wildman–Crippen LogP) is 4.97. The van der Waals surface area contributed by atoms with Gasteiger partial charge in [-0.15, -0.1) is 0 Å². The summed E-state index contributed by atoms with van der Waals surface area (Å²) >= 11 is 0. The molecule has 0 atom stereocenters. The first-order valence-electron chi connectivity index (χ1n) is 9.31. The molecule has 27 heavy (non-hydrogen) atoms. The zero-order valence-corrected chi connectivity index (χ0v) is 16.1. The number of anilines is 3. The molecule has 0 bridgehead atoms. The van der Waals surface area contributed by atoms with E-state index in [1.807, 2.05) is 30.3 Å². The molecule has 1 heterocycles. The number of aryl methyl sites for hydroxylation is 2. The maximum absolute atomic E-state index is 5.39. The van der Waals surface area contributed by atoms with Gasteiger partial charge >= 0.3 is 0 Å². The van der Waals surface area contributed by atoms with Crippen LogP contribution in [-0.4, -0.2) is 17.1 Å². The van der Waals surface area contributed by atoms with Crippen molar-refractivity contribution in [2.24, 2.45) is 0 Å². The number of nitrogens with zero attached hydrogens (tertiary/aromatic N) is 2. The van der Waals surface area contributed by atoms with Gasteiger partial charge < -0.3 is 15.4 Å². The lowest BCUT2D eigenvalue weighted by molar-refractivity contribution is 0.410. The molecule has 0 aliphatic heterocycles. The molecule has 0 aliphatic carbocycles. The van der Waals surface area contributed by atoms with Crippen LogP contribution < -0.4 is 15.4 Å². The summed E-state index contributed by atoms with van der Waals surface area (Å²) in [6.07, 6.45) is 3.71. The lowest BCUT2D eigenvalue weighted by Gasteiger charge is -2.15. The van der Waals surface area contributed by atoms with Crippen molar-refractivity contribution in [3.63, 3.8) is 0 Å². The third kappa shape index (κ3) is 4.56. The maximum atomic E-state index is 5.39. The third-order valence-electron chi connectivity index (χ3n) is 4.54. The maximum Gasteiger partial charge on any atom is 0.224 e. The summed E-state index contributed by atoms with van der Waals surface area (Å²) < 4.78 is 5.39. The van der Waals surface area contributed by atoms with Gasteiger partial charge in [0.25, 0.3) is 0 Å². The Labute approximate surface area is 160 Å². The molecule has 0 radical (unpaired) electrons. The van der Waals surface area contributed by atoms with Crippen LogP contribution in [0.5, 0.6) is 5.75 Å². The molecule has 0 amide bonds. The highest BCUT2D eigenvalue weighted by molar-refractivity contribution is 5.65. The van der Waals surface area contributed by atoms with Crippen LogP contribution in [0, 0.1) is 0 Å². The van der Waals surface area contributed by atoms with Gasteiger partial charge in [0.05, 0.1) is 7.11 Å². The van der Waals surface area contributed by atoms with Crippen LogP contribution in [0.1, 0.15) is 30.5 Å². The van der Waals surface area contributed by atoms with Gasteiger partial charge in [-0.05, 0) is 36.1 Å². The van der Waals surface area contributed by atoms with E-state index in [2.05, 4.69) is 52.6 Å². The van der Waals surface area contributed by atoms with E-state index in [1.54, 1.807) is 13.3 Å². The fourth-order valence-corrected chi connectivity index (χ4v) is 3.07. The second-order valence-corrected chi connectivity index (χ2v) is 6.21. The first kappa shape index (κ1) is 18.7. The van der Waals surface area contributed by atoms with Crippen molar-refractivity contribution in [1.29, 1.82) is 0 Å². The number of benzene rings is 2. The number of nitrogens with one attached hydrogen (secondary N) is 2. The molecule has 0 unspecified atom stereocenters. The molecule has 0 fully saturated rings. The third-order valence-corrected chi connectivity index (χ3v) is 4.54. The van der Waals surface area contributed by atoms with Crippen molar-refractivity contribution < 1.29 is 4.74 Å². The van der Waals surface area contributed by atoms with Crippen molar-refractivity contribution in [2.75, 3.05) is 17.7 Å². The van der Waals surface area contributed by atoms with Crippen LogP contribution in [0.25, 0.3) is 0 Å². The molecule has 0 spiro atoms. The Kier molecular flexibility index (Phi) is 6.26. The van der Waals surface area contributed by atoms with Crippen molar-refractivity contribution in [1.82, 2.24) is 9.97 Å². The monoisotopic (exact) mass is 362 g/mol. The number of aromatic nitrogens is 2. The van der Waals surface area contributed by atoms with Gasteiger partial charge in [0.1, 0.15) is 11.6 Å². The Morgan fingerprint density at radius 2 is 1.59 bits per heavy atom. The fourth-order valence-electron chi connectivity index (χ4n) is 3.07. The van der Waals surface area contributed by atoms with Gasteiger partial charge in [-0.1, -0.05) is 50.2 Å². The standard InChI is InChI=1S/C22H26N4O/c1-4-16-10-8-11-17(5-2)21(16)25-20-13-14-23-22(26-20)24-15-18-9-6-7-12-19(18)27-3/h6-14H,4-5,15H2,1-3H3,(H2,23,24,25,26). The first-order valence-corrected chi connectivity index (χ1v) is 9.31. The molecule has 2 N–H and O–H groups in total. The predicted molar refractivity (Wildman–Crippen MR) is 111 cm³/mol. The number of hydrogen-bond donors (Lipinski definition) is 2. The first-order chi connectivity index (χ1) is 13.2. The molecule has 140 valence electrons. The molecule has 5 heteroatoms. The van der Waals surface area contributed by atoms with Gasteiger partial charge in [-0.2, -0.15) is 4.98 Å². The average Bonchev–Trinajstić information content (AvgIpc) is 2.73. The smallest absolute Gasteiger partial charge is 0.224 e. The fraction of sp³-hybridized carbons (Fsp3) is 0.273. The molecule has 0 aliphatic rings. The van der Waals surface area contributed by atoms with Gasteiger partial charge in [0, 0.05) is 24.0 Å².